The number of carbonyl (C=O) groups excluding carboxylic acids is 2. The molecule has 206 valence electrons. The van der Waals surface area contributed by atoms with Crippen LogP contribution in [0, 0.1) is 29.1 Å². The number of aliphatic hydroxyl groups excluding tert-OH is 2. The molecule has 2 amide bonds. The summed E-state index contributed by atoms with van der Waals surface area (Å²) in [7, 11) is 0. The van der Waals surface area contributed by atoms with Gasteiger partial charge in [0.2, 0.25) is 11.8 Å². The van der Waals surface area contributed by atoms with E-state index in [0.717, 1.165) is 43.6 Å². The fourth-order valence-corrected chi connectivity index (χ4v) is 8.39. The molecule has 1 heterocycles. The van der Waals surface area contributed by atoms with Crippen molar-refractivity contribution in [3.8, 4) is 5.75 Å². The molecular formula is C31H42N2O5. The quantitative estimate of drug-likeness (QED) is 0.510. The van der Waals surface area contributed by atoms with Gasteiger partial charge in [0.1, 0.15) is 18.0 Å². The lowest BCUT2D eigenvalue weighted by molar-refractivity contribution is -0.149. The third-order valence-electron chi connectivity index (χ3n) is 10.7. The highest BCUT2D eigenvalue weighted by atomic mass is 16.5. The minimum Gasteiger partial charge on any atom is -0.486 e. The second kappa shape index (κ2) is 9.98. The summed E-state index contributed by atoms with van der Waals surface area (Å²) in [4.78, 5) is 29.5. The number of fused-ring (bicyclic) bond motifs is 5. The molecule has 0 spiro atoms. The summed E-state index contributed by atoms with van der Waals surface area (Å²) >= 11 is 0. The molecule has 0 saturated heterocycles. The molecule has 7 unspecified atom stereocenters. The van der Waals surface area contributed by atoms with Gasteiger partial charge < -0.3 is 25.2 Å². The molecule has 3 N–H and O–H groups in total. The minimum atomic E-state index is -0.946. The number of hydrogen-bond donors (Lipinski definition) is 3. The molecule has 1 aromatic carbocycles. The van der Waals surface area contributed by atoms with Crippen LogP contribution in [0.3, 0.4) is 0 Å². The maximum Gasteiger partial charge on any atom is 0.247 e. The molecule has 4 saturated carbocycles. The lowest BCUT2D eigenvalue weighted by atomic mass is 9.45. The SMILES string of the molecule is CC1(C)C2CCC(CN(C(=O)C3CCCC3)C3C=C(C(=O)NCCO)C4c5ccccc5OC4C3O)C1C2. The lowest BCUT2D eigenvalue weighted by Gasteiger charge is -2.61. The van der Waals surface area contributed by atoms with Gasteiger partial charge in [-0.25, -0.2) is 0 Å². The van der Waals surface area contributed by atoms with E-state index in [2.05, 4.69) is 19.2 Å². The summed E-state index contributed by atoms with van der Waals surface area (Å²) in [6, 6.07) is 6.99. The van der Waals surface area contributed by atoms with Crippen LogP contribution in [-0.4, -0.2) is 64.9 Å². The number of aliphatic hydroxyl groups is 2. The van der Waals surface area contributed by atoms with Crippen LogP contribution in [0.25, 0.3) is 0 Å². The standard InChI is InChI=1S/C31H42N2O5/c1-31(2)20-12-11-19(23(31)15-20)17-33(30(37)18-7-3-4-8-18)24-16-22(29(36)32-13-14-34)26-21-9-5-6-10-25(21)38-28(26)27(24)35/h5-6,9-10,16,18-20,23-24,26-28,34-35H,3-4,7-8,11-15,17H2,1-2H3,(H,32,36). The van der Waals surface area contributed by atoms with E-state index in [1.54, 1.807) is 0 Å². The summed E-state index contributed by atoms with van der Waals surface area (Å²) in [6.07, 6.45) is 7.68. The van der Waals surface area contributed by atoms with E-state index in [-0.39, 0.29) is 30.9 Å². The normalized spacial score (nSPS) is 34.8. The third kappa shape index (κ3) is 4.17. The number of rotatable bonds is 7. The molecule has 7 rings (SSSR count). The average molecular weight is 523 g/mol. The van der Waals surface area contributed by atoms with Crippen LogP contribution in [-0.2, 0) is 9.59 Å². The fraction of sp³-hybridized carbons (Fsp3) is 0.677. The van der Waals surface area contributed by atoms with Gasteiger partial charge in [0.05, 0.1) is 18.6 Å². The molecule has 7 heteroatoms. The van der Waals surface area contributed by atoms with Gasteiger partial charge in [0, 0.05) is 30.1 Å². The van der Waals surface area contributed by atoms with Crippen LogP contribution < -0.4 is 10.1 Å². The van der Waals surface area contributed by atoms with Crippen LogP contribution in [0.4, 0.5) is 0 Å². The highest BCUT2D eigenvalue weighted by molar-refractivity contribution is 5.96. The molecule has 7 nitrogen and oxygen atoms in total. The second-order valence-electron chi connectivity index (χ2n) is 12.9. The van der Waals surface area contributed by atoms with Crippen LogP contribution in [0.2, 0.25) is 0 Å². The number of benzene rings is 1. The fourth-order valence-electron chi connectivity index (χ4n) is 8.39. The van der Waals surface area contributed by atoms with Crippen molar-refractivity contribution >= 4 is 11.8 Å². The molecule has 1 aliphatic heterocycles. The Bertz CT molecular complexity index is 1110. The summed E-state index contributed by atoms with van der Waals surface area (Å²) in [5, 5.41) is 24.0. The van der Waals surface area contributed by atoms with Gasteiger partial charge >= 0.3 is 0 Å². The van der Waals surface area contributed by atoms with E-state index < -0.39 is 24.2 Å². The van der Waals surface area contributed by atoms with Crippen LogP contribution in [0.15, 0.2) is 35.9 Å². The zero-order valence-electron chi connectivity index (χ0n) is 22.6. The zero-order chi connectivity index (χ0) is 26.6. The van der Waals surface area contributed by atoms with Gasteiger partial charge in [-0.2, -0.15) is 0 Å². The number of para-hydroxylation sites is 1. The number of carbonyl (C=O) groups is 2. The zero-order valence-corrected chi connectivity index (χ0v) is 22.6. The maximum atomic E-state index is 14.1. The average Bonchev–Trinajstić information content (AvgIpc) is 3.59. The largest absolute Gasteiger partial charge is 0.486 e. The van der Waals surface area contributed by atoms with Crippen molar-refractivity contribution < 1.29 is 24.5 Å². The van der Waals surface area contributed by atoms with E-state index >= 15 is 0 Å². The third-order valence-corrected chi connectivity index (χ3v) is 10.7. The molecule has 38 heavy (non-hydrogen) atoms. The van der Waals surface area contributed by atoms with Crippen LogP contribution in [0.5, 0.6) is 5.75 Å². The summed E-state index contributed by atoms with van der Waals surface area (Å²) in [5.74, 6) is 1.82. The molecular weight excluding hydrogens is 480 g/mol. The number of amides is 2. The number of ether oxygens (including phenoxy) is 1. The first-order valence-electron chi connectivity index (χ1n) is 14.7. The number of hydrogen-bond acceptors (Lipinski definition) is 5. The van der Waals surface area contributed by atoms with Crippen molar-refractivity contribution in [2.24, 2.45) is 29.1 Å². The number of nitrogens with zero attached hydrogens (tertiary/aromatic N) is 1. The Morgan fingerprint density at radius 1 is 1.13 bits per heavy atom. The van der Waals surface area contributed by atoms with Crippen molar-refractivity contribution in [2.75, 3.05) is 19.7 Å². The minimum absolute atomic E-state index is 0.0209. The smallest absolute Gasteiger partial charge is 0.247 e. The van der Waals surface area contributed by atoms with Gasteiger partial charge in [-0.05, 0) is 67.4 Å². The van der Waals surface area contributed by atoms with Crippen molar-refractivity contribution in [3.63, 3.8) is 0 Å². The van der Waals surface area contributed by atoms with Crippen molar-refractivity contribution in [2.45, 2.75) is 83.0 Å². The maximum absolute atomic E-state index is 14.1. The molecule has 5 aliphatic carbocycles. The van der Waals surface area contributed by atoms with Gasteiger partial charge in [0.15, 0.2) is 0 Å². The van der Waals surface area contributed by atoms with Gasteiger partial charge in [0.25, 0.3) is 0 Å². The summed E-state index contributed by atoms with van der Waals surface area (Å²) in [5.41, 5.74) is 1.69. The Morgan fingerprint density at radius 2 is 1.89 bits per heavy atom. The number of nitrogens with one attached hydrogen (secondary N) is 1. The van der Waals surface area contributed by atoms with E-state index in [1.807, 2.05) is 35.2 Å². The highest BCUT2D eigenvalue weighted by Gasteiger charge is 2.56. The van der Waals surface area contributed by atoms with Gasteiger partial charge in [-0.3, -0.25) is 9.59 Å². The monoisotopic (exact) mass is 522 g/mol. The van der Waals surface area contributed by atoms with Crippen LogP contribution >= 0.6 is 0 Å². The lowest BCUT2D eigenvalue weighted by Crippen LogP contribution is -2.60. The highest BCUT2D eigenvalue weighted by Crippen LogP contribution is 2.61. The Kier molecular flexibility index (Phi) is 6.79. The Labute approximate surface area is 225 Å². The van der Waals surface area contributed by atoms with E-state index in [9.17, 15) is 19.8 Å². The first-order valence-corrected chi connectivity index (χ1v) is 14.7. The van der Waals surface area contributed by atoms with Gasteiger partial charge in [-0.15, -0.1) is 0 Å². The van der Waals surface area contributed by atoms with Crippen molar-refractivity contribution in [1.82, 2.24) is 10.2 Å². The first-order chi connectivity index (χ1) is 18.3. The van der Waals surface area contributed by atoms with Crippen molar-refractivity contribution in [3.05, 3.63) is 41.5 Å². The predicted octanol–water partition coefficient (Wildman–Crippen LogP) is 3.40. The predicted molar refractivity (Wildman–Crippen MR) is 143 cm³/mol. The summed E-state index contributed by atoms with van der Waals surface area (Å²) in [6.45, 7) is 5.35. The Balaban J connectivity index is 1.37. The molecule has 6 aliphatic rings. The molecule has 0 radical (unpaired) electrons. The second-order valence-corrected chi connectivity index (χ2v) is 12.9. The van der Waals surface area contributed by atoms with Crippen LogP contribution in [0.1, 0.15) is 70.3 Å². The molecule has 0 aromatic heterocycles. The van der Waals surface area contributed by atoms with E-state index in [1.165, 1.54) is 12.8 Å². The molecule has 4 fully saturated rings. The molecule has 2 bridgehead atoms. The van der Waals surface area contributed by atoms with Crippen molar-refractivity contribution in [1.29, 1.82) is 0 Å². The molecule has 1 aromatic rings. The summed E-state index contributed by atoms with van der Waals surface area (Å²) < 4.78 is 6.29. The topological polar surface area (TPSA) is 99.1 Å². The van der Waals surface area contributed by atoms with E-state index in [4.69, 9.17) is 4.74 Å². The van der Waals surface area contributed by atoms with E-state index in [0.29, 0.717) is 35.1 Å². The Hall–Kier alpha value is -2.38. The molecule has 7 atom stereocenters. The Morgan fingerprint density at radius 3 is 2.61 bits per heavy atom. The first kappa shape index (κ1) is 25.9. The van der Waals surface area contributed by atoms with Gasteiger partial charge in [-0.1, -0.05) is 44.9 Å².